The summed E-state index contributed by atoms with van der Waals surface area (Å²) in [4.78, 5) is 16.3. The Hall–Kier alpha value is -2.47. The average molecular weight is 358 g/mol. The number of hydrogen-bond acceptors (Lipinski definition) is 5. The highest BCUT2D eigenvalue weighted by Gasteiger charge is 2.04. The van der Waals surface area contributed by atoms with E-state index < -0.39 is 0 Å². The van der Waals surface area contributed by atoms with Gasteiger partial charge in [-0.15, -0.1) is 11.8 Å². The number of benzene rings is 1. The van der Waals surface area contributed by atoms with Gasteiger partial charge >= 0.3 is 0 Å². The van der Waals surface area contributed by atoms with Gasteiger partial charge in [-0.1, -0.05) is 13.0 Å². The third-order valence-electron chi connectivity index (χ3n) is 3.21. The van der Waals surface area contributed by atoms with E-state index in [0.29, 0.717) is 23.8 Å². The van der Waals surface area contributed by atoms with E-state index >= 15 is 0 Å². The van der Waals surface area contributed by atoms with Gasteiger partial charge in [-0.2, -0.15) is 0 Å². The summed E-state index contributed by atoms with van der Waals surface area (Å²) in [5, 5.41) is 3.73. The smallest absolute Gasteiger partial charge is 0.248 e. The highest BCUT2D eigenvalue weighted by molar-refractivity contribution is 7.99. The largest absolute Gasteiger partial charge is 0.493 e. The zero-order chi connectivity index (χ0) is 18.1. The molecule has 0 aliphatic carbocycles. The molecular formula is C19H22N2O3S. The molecule has 0 saturated heterocycles. The number of nitrogens with one attached hydrogen (secondary N) is 1. The third-order valence-corrected chi connectivity index (χ3v) is 4.04. The van der Waals surface area contributed by atoms with Crippen LogP contribution in [-0.2, 0) is 4.79 Å². The van der Waals surface area contributed by atoms with Crippen LogP contribution in [0.15, 0.2) is 47.6 Å². The summed E-state index contributed by atoms with van der Waals surface area (Å²) >= 11 is 1.66. The molecule has 2 rings (SSSR count). The molecule has 0 spiro atoms. The minimum Gasteiger partial charge on any atom is -0.493 e. The van der Waals surface area contributed by atoms with Gasteiger partial charge in [-0.3, -0.25) is 4.79 Å². The molecule has 0 aliphatic rings. The van der Waals surface area contributed by atoms with Crippen LogP contribution in [0.25, 0.3) is 6.08 Å². The number of pyridine rings is 1. The van der Waals surface area contributed by atoms with Gasteiger partial charge in [0.1, 0.15) is 0 Å². The number of carbonyl (C=O) groups is 1. The Balaban J connectivity index is 2.00. The van der Waals surface area contributed by atoms with E-state index in [1.165, 1.54) is 6.08 Å². The molecule has 132 valence electrons. The van der Waals surface area contributed by atoms with Gasteiger partial charge in [0.05, 0.1) is 30.6 Å². The SMILES string of the molecule is CCOc1cc(/C=C/C(=O)Nc2ccc(SCC)nc2)ccc1OC. The van der Waals surface area contributed by atoms with Gasteiger partial charge in [-0.05, 0) is 48.6 Å². The normalized spacial score (nSPS) is 10.7. The number of ether oxygens (including phenoxy) is 2. The van der Waals surface area contributed by atoms with Crippen LogP contribution in [0.1, 0.15) is 19.4 Å². The van der Waals surface area contributed by atoms with Gasteiger partial charge in [-0.25, -0.2) is 4.98 Å². The quantitative estimate of drug-likeness (QED) is 0.564. The zero-order valence-corrected chi connectivity index (χ0v) is 15.4. The number of thioether (sulfide) groups is 1. The lowest BCUT2D eigenvalue weighted by molar-refractivity contribution is -0.111. The number of amides is 1. The Bertz CT molecular complexity index is 730. The summed E-state index contributed by atoms with van der Waals surface area (Å²) < 4.78 is 10.8. The minimum atomic E-state index is -0.216. The van der Waals surface area contributed by atoms with Crippen molar-refractivity contribution in [3.63, 3.8) is 0 Å². The van der Waals surface area contributed by atoms with Gasteiger partial charge in [0.25, 0.3) is 0 Å². The van der Waals surface area contributed by atoms with Crippen LogP contribution in [0.2, 0.25) is 0 Å². The summed E-state index contributed by atoms with van der Waals surface area (Å²) in [7, 11) is 1.60. The van der Waals surface area contributed by atoms with Crippen LogP contribution in [0, 0.1) is 0 Å². The minimum absolute atomic E-state index is 0.216. The molecule has 0 bridgehead atoms. The number of hydrogen-bond donors (Lipinski definition) is 1. The van der Waals surface area contributed by atoms with E-state index in [1.807, 2.05) is 37.3 Å². The lowest BCUT2D eigenvalue weighted by Gasteiger charge is -2.09. The fourth-order valence-electron chi connectivity index (χ4n) is 2.11. The van der Waals surface area contributed by atoms with Crippen LogP contribution in [-0.4, -0.2) is 30.4 Å². The van der Waals surface area contributed by atoms with E-state index in [9.17, 15) is 4.79 Å². The lowest BCUT2D eigenvalue weighted by Crippen LogP contribution is -2.07. The topological polar surface area (TPSA) is 60.5 Å². The van der Waals surface area contributed by atoms with Gasteiger partial charge in [0.15, 0.2) is 11.5 Å². The molecule has 0 radical (unpaired) electrons. The molecule has 1 N–H and O–H groups in total. The Morgan fingerprint density at radius 3 is 2.72 bits per heavy atom. The molecule has 2 aromatic rings. The van der Waals surface area contributed by atoms with Crippen molar-refractivity contribution in [2.24, 2.45) is 0 Å². The fourth-order valence-corrected chi connectivity index (χ4v) is 2.70. The van der Waals surface area contributed by atoms with Crippen molar-refractivity contribution in [2.75, 3.05) is 24.8 Å². The lowest BCUT2D eigenvalue weighted by atomic mass is 10.2. The molecule has 5 nitrogen and oxygen atoms in total. The second kappa shape index (κ2) is 9.74. The van der Waals surface area contributed by atoms with E-state index in [0.717, 1.165) is 16.3 Å². The zero-order valence-electron chi connectivity index (χ0n) is 14.6. The van der Waals surface area contributed by atoms with Crippen molar-refractivity contribution in [3.05, 3.63) is 48.2 Å². The van der Waals surface area contributed by atoms with E-state index in [1.54, 1.807) is 31.1 Å². The first-order chi connectivity index (χ1) is 12.2. The molecule has 1 amide bonds. The summed E-state index contributed by atoms with van der Waals surface area (Å²) in [6.07, 6.45) is 4.86. The van der Waals surface area contributed by atoms with Crippen LogP contribution >= 0.6 is 11.8 Å². The highest BCUT2D eigenvalue weighted by Crippen LogP contribution is 2.28. The van der Waals surface area contributed by atoms with Gasteiger partial charge in [0.2, 0.25) is 5.91 Å². The predicted molar refractivity (Wildman–Crippen MR) is 102 cm³/mol. The van der Waals surface area contributed by atoms with Crippen molar-refractivity contribution < 1.29 is 14.3 Å². The molecule has 0 saturated carbocycles. The van der Waals surface area contributed by atoms with Crippen molar-refractivity contribution in [1.29, 1.82) is 0 Å². The van der Waals surface area contributed by atoms with E-state index in [4.69, 9.17) is 9.47 Å². The van der Waals surface area contributed by atoms with Gasteiger partial charge in [0, 0.05) is 6.08 Å². The summed E-state index contributed by atoms with van der Waals surface area (Å²) in [6, 6.07) is 9.26. The molecule has 0 fully saturated rings. The van der Waals surface area contributed by atoms with Crippen LogP contribution in [0.5, 0.6) is 11.5 Å². The summed E-state index contributed by atoms with van der Waals surface area (Å²) in [5.74, 6) is 2.07. The maximum Gasteiger partial charge on any atom is 0.248 e. The van der Waals surface area contributed by atoms with Crippen molar-refractivity contribution in [3.8, 4) is 11.5 Å². The molecule has 6 heteroatoms. The van der Waals surface area contributed by atoms with Crippen LogP contribution < -0.4 is 14.8 Å². The third kappa shape index (κ3) is 5.83. The average Bonchev–Trinajstić information content (AvgIpc) is 2.62. The molecule has 0 aliphatic heterocycles. The first-order valence-electron chi connectivity index (χ1n) is 8.05. The Kier molecular flexibility index (Phi) is 7.35. The van der Waals surface area contributed by atoms with Crippen LogP contribution in [0.3, 0.4) is 0 Å². The van der Waals surface area contributed by atoms with E-state index in [2.05, 4.69) is 17.2 Å². The molecule has 0 unspecified atom stereocenters. The molecule has 1 aromatic heterocycles. The number of carbonyl (C=O) groups excluding carboxylic acids is 1. The van der Waals surface area contributed by atoms with Gasteiger partial charge < -0.3 is 14.8 Å². The predicted octanol–water partition coefficient (Wildman–Crippen LogP) is 4.25. The second-order valence-electron chi connectivity index (χ2n) is 4.98. The fraction of sp³-hybridized carbons (Fsp3) is 0.263. The molecule has 1 heterocycles. The van der Waals surface area contributed by atoms with Crippen molar-refractivity contribution in [1.82, 2.24) is 4.98 Å². The van der Waals surface area contributed by atoms with Crippen molar-refractivity contribution >= 4 is 29.4 Å². The number of aromatic nitrogens is 1. The molecule has 0 atom stereocenters. The Morgan fingerprint density at radius 1 is 1.24 bits per heavy atom. The highest BCUT2D eigenvalue weighted by atomic mass is 32.2. The second-order valence-corrected chi connectivity index (χ2v) is 6.27. The van der Waals surface area contributed by atoms with Crippen molar-refractivity contribution in [2.45, 2.75) is 18.9 Å². The number of rotatable bonds is 8. The first kappa shape index (κ1) is 18.9. The van der Waals surface area contributed by atoms with Crippen LogP contribution in [0.4, 0.5) is 5.69 Å². The summed E-state index contributed by atoms with van der Waals surface area (Å²) in [5.41, 5.74) is 1.52. The number of methoxy groups -OCH3 is 1. The maximum atomic E-state index is 12.0. The summed E-state index contributed by atoms with van der Waals surface area (Å²) in [6.45, 7) is 4.53. The molecular weight excluding hydrogens is 336 g/mol. The molecule has 25 heavy (non-hydrogen) atoms. The molecule has 1 aromatic carbocycles. The standard InChI is InChI=1S/C19H22N2O3S/c1-4-24-17-12-14(6-9-16(17)23-3)7-10-18(22)21-15-8-11-19(20-13-15)25-5-2/h6-13H,4-5H2,1-3H3,(H,21,22)/b10-7+. The Morgan fingerprint density at radius 2 is 2.08 bits per heavy atom. The number of nitrogens with zero attached hydrogens (tertiary/aromatic N) is 1. The number of anilines is 1. The maximum absolute atomic E-state index is 12.0. The monoisotopic (exact) mass is 358 g/mol. The Labute approximate surface area is 152 Å². The first-order valence-corrected chi connectivity index (χ1v) is 9.03. The van der Waals surface area contributed by atoms with E-state index in [-0.39, 0.29) is 5.91 Å².